The number of carboxylic acids is 1. The third-order valence-corrected chi connectivity index (χ3v) is 4.49. The van der Waals surface area contributed by atoms with E-state index in [-0.39, 0.29) is 18.3 Å². The molecule has 24 heavy (non-hydrogen) atoms. The van der Waals surface area contributed by atoms with Gasteiger partial charge >= 0.3 is 5.97 Å². The fourth-order valence-corrected chi connectivity index (χ4v) is 3.34. The average molecular weight is 334 g/mol. The van der Waals surface area contributed by atoms with E-state index in [4.69, 9.17) is 4.74 Å². The van der Waals surface area contributed by atoms with Gasteiger partial charge in [-0.15, -0.1) is 0 Å². The predicted molar refractivity (Wildman–Crippen MR) is 84.2 cm³/mol. The van der Waals surface area contributed by atoms with Gasteiger partial charge in [-0.2, -0.15) is 15.4 Å². The Bertz CT molecular complexity index is 656. The van der Waals surface area contributed by atoms with Crippen LogP contribution in [0.1, 0.15) is 23.7 Å². The molecule has 1 aliphatic rings. The first-order valence-corrected chi connectivity index (χ1v) is 7.95. The van der Waals surface area contributed by atoms with Crippen LogP contribution in [-0.4, -0.2) is 67.7 Å². The third kappa shape index (κ3) is 3.80. The number of hydrogen-bond donors (Lipinski definition) is 2. The summed E-state index contributed by atoms with van der Waals surface area (Å²) in [6, 6.07) is 0. The lowest BCUT2D eigenvalue weighted by Gasteiger charge is -2.16. The van der Waals surface area contributed by atoms with E-state index in [1.165, 1.54) is 0 Å². The molecule has 1 aliphatic heterocycles. The SMILES string of the molecule is COCCn1cncc1CN1C[C@@H](CC(=O)O)[C@@H](c2cn[nH]n2)C1. The van der Waals surface area contributed by atoms with Crippen molar-refractivity contribution in [2.75, 3.05) is 26.8 Å². The number of carbonyl (C=O) groups is 1. The first-order chi connectivity index (χ1) is 11.7. The second-order valence-electron chi connectivity index (χ2n) is 6.12. The minimum atomic E-state index is -0.777. The van der Waals surface area contributed by atoms with Crippen LogP contribution in [0.15, 0.2) is 18.7 Å². The van der Waals surface area contributed by atoms with Gasteiger partial charge in [0.15, 0.2) is 0 Å². The number of H-pyrrole nitrogens is 1. The zero-order valence-electron chi connectivity index (χ0n) is 13.6. The van der Waals surface area contributed by atoms with E-state index in [1.54, 1.807) is 19.6 Å². The smallest absolute Gasteiger partial charge is 0.303 e. The number of nitrogens with zero attached hydrogens (tertiary/aromatic N) is 5. The number of ether oxygens (including phenoxy) is 1. The Morgan fingerprint density at radius 3 is 3.04 bits per heavy atom. The number of aliphatic carboxylic acids is 1. The Labute approximate surface area is 139 Å². The highest BCUT2D eigenvalue weighted by atomic mass is 16.5. The second-order valence-corrected chi connectivity index (χ2v) is 6.12. The normalized spacial score (nSPS) is 21.4. The average Bonchev–Trinajstić information content (AvgIpc) is 3.26. The molecule has 0 spiro atoms. The van der Waals surface area contributed by atoms with Crippen LogP contribution in [0, 0.1) is 5.92 Å². The molecule has 1 fully saturated rings. The number of rotatable bonds is 8. The second kappa shape index (κ2) is 7.54. The summed E-state index contributed by atoms with van der Waals surface area (Å²) in [5, 5.41) is 19.8. The first-order valence-electron chi connectivity index (χ1n) is 7.95. The molecule has 2 aromatic heterocycles. The van der Waals surface area contributed by atoms with Crippen LogP contribution in [-0.2, 0) is 22.6 Å². The minimum Gasteiger partial charge on any atom is -0.481 e. The quantitative estimate of drug-likeness (QED) is 0.716. The maximum Gasteiger partial charge on any atom is 0.303 e. The van der Waals surface area contributed by atoms with E-state index in [2.05, 4.69) is 29.9 Å². The van der Waals surface area contributed by atoms with Crippen LogP contribution >= 0.6 is 0 Å². The summed E-state index contributed by atoms with van der Waals surface area (Å²) in [7, 11) is 1.68. The first kappa shape index (κ1) is 16.6. The van der Waals surface area contributed by atoms with Crippen LogP contribution < -0.4 is 0 Å². The molecule has 0 aromatic carbocycles. The number of nitrogens with one attached hydrogen (secondary N) is 1. The van der Waals surface area contributed by atoms with Crippen molar-refractivity contribution in [3.63, 3.8) is 0 Å². The summed E-state index contributed by atoms with van der Waals surface area (Å²) in [5.41, 5.74) is 1.93. The number of methoxy groups -OCH3 is 1. The highest BCUT2D eigenvalue weighted by Gasteiger charge is 2.36. The van der Waals surface area contributed by atoms with Gasteiger partial charge in [0.25, 0.3) is 0 Å². The molecule has 0 aliphatic carbocycles. The van der Waals surface area contributed by atoms with Gasteiger partial charge in [-0.3, -0.25) is 9.69 Å². The number of imidazole rings is 1. The highest BCUT2D eigenvalue weighted by Crippen LogP contribution is 2.34. The molecule has 2 atom stereocenters. The molecule has 3 heterocycles. The topological polar surface area (TPSA) is 109 Å². The minimum absolute atomic E-state index is 0.0305. The Morgan fingerprint density at radius 1 is 1.46 bits per heavy atom. The molecule has 9 nitrogen and oxygen atoms in total. The van der Waals surface area contributed by atoms with Crippen LogP contribution in [0.5, 0.6) is 0 Å². The summed E-state index contributed by atoms with van der Waals surface area (Å²) < 4.78 is 7.19. The van der Waals surface area contributed by atoms with E-state index in [9.17, 15) is 9.90 Å². The monoisotopic (exact) mass is 334 g/mol. The maximum atomic E-state index is 11.2. The van der Waals surface area contributed by atoms with Crippen LogP contribution in [0.25, 0.3) is 0 Å². The molecule has 3 rings (SSSR count). The van der Waals surface area contributed by atoms with Crippen LogP contribution in [0.4, 0.5) is 0 Å². The largest absolute Gasteiger partial charge is 0.481 e. The highest BCUT2D eigenvalue weighted by molar-refractivity contribution is 5.67. The summed E-state index contributed by atoms with van der Waals surface area (Å²) in [5.74, 6) is -0.668. The van der Waals surface area contributed by atoms with Gasteiger partial charge in [-0.1, -0.05) is 0 Å². The van der Waals surface area contributed by atoms with Crippen LogP contribution in [0.3, 0.4) is 0 Å². The molecular weight excluding hydrogens is 312 g/mol. The van der Waals surface area contributed by atoms with Crippen molar-refractivity contribution < 1.29 is 14.6 Å². The molecule has 2 aromatic rings. The van der Waals surface area contributed by atoms with Gasteiger partial charge in [0.2, 0.25) is 0 Å². The Balaban J connectivity index is 1.69. The van der Waals surface area contributed by atoms with E-state index >= 15 is 0 Å². The van der Waals surface area contributed by atoms with Gasteiger partial charge in [0.1, 0.15) is 0 Å². The van der Waals surface area contributed by atoms with Crippen molar-refractivity contribution in [1.29, 1.82) is 0 Å². The van der Waals surface area contributed by atoms with E-state index in [1.807, 2.05) is 6.20 Å². The maximum absolute atomic E-state index is 11.2. The standard InChI is InChI=1S/C15H22N6O3/c1-24-3-2-21-10-16-5-12(21)8-20-7-11(4-15(22)23)13(9-20)14-6-17-19-18-14/h5-6,10-11,13H,2-4,7-9H2,1H3,(H,22,23)(H,17,18,19)/t11-,13+/m1/s1. The van der Waals surface area contributed by atoms with Crippen molar-refractivity contribution in [3.05, 3.63) is 30.1 Å². The lowest BCUT2D eigenvalue weighted by Crippen LogP contribution is -2.23. The fraction of sp³-hybridized carbons (Fsp3) is 0.600. The fourth-order valence-electron chi connectivity index (χ4n) is 3.34. The van der Waals surface area contributed by atoms with E-state index < -0.39 is 5.97 Å². The van der Waals surface area contributed by atoms with E-state index in [0.717, 1.165) is 37.6 Å². The Morgan fingerprint density at radius 2 is 2.33 bits per heavy atom. The Kier molecular flexibility index (Phi) is 5.21. The zero-order chi connectivity index (χ0) is 16.9. The van der Waals surface area contributed by atoms with Crippen molar-refractivity contribution >= 4 is 5.97 Å². The molecule has 0 saturated carbocycles. The molecule has 2 N–H and O–H groups in total. The molecule has 130 valence electrons. The lowest BCUT2D eigenvalue weighted by molar-refractivity contribution is -0.138. The number of carboxylic acid groups (broad SMARTS) is 1. The zero-order valence-corrected chi connectivity index (χ0v) is 13.6. The Hall–Kier alpha value is -2.26. The summed E-state index contributed by atoms with van der Waals surface area (Å²) in [6.07, 6.45) is 5.47. The van der Waals surface area contributed by atoms with Gasteiger partial charge < -0.3 is 14.4 Å². The summed E-state index contributed by atoms with van der Waals surface area (Å²) in [4.78, 5) is 17.6. The number of aromatic amines is 1. The van der Waals surface area contributed by atoms with Gasteiger partial charge in [0, 0.05) is 45.4 Å². The third-order valence-electron chi connectivity index (χ3n) is 4.49. The summed E-state index contributed by atoms with van der Waals surface area (Å²) in [6.45, 7) is 3.60. The van der Waals surface area contributed by atoms with Gasteiger partial charge in [-0.25, -0.2) is 4.98 Å². The van der Waals surface area contributed by atoms with Crippen molar-refractivity contribution in [3.8, 4) is 0 Å². The van der Waals surface area contributed by atoms with Gasteiger partial charge in [0.05, 0.1) is 36.9 Å². The molecule has 0 bridgehead atoms. The van der Waals surface area contributed by atoms with Crippen molar-refractivity contribution in [2.24, 2.45) is 5.92 Å². The van der Waals surface area contributed by atoms with Crippen LogP contribution in [0.2, 0.25) is 0 Å². The molecule has 9 heteroatoms. The molecule has 1 saturated heterocycles. The lowest BCUT2D eigenvalue weighted by atomic mass is 9.91. The molecule has 0 amide bonds. The summed E-state index contributed by atoms with van der Waals surface area (Å²) >= 11 is 0. The predicted octanol–water partition coefficient (Wildman–Crippen LogP) is 0.338. The number of hydrogen-bond acceptors (Lipinski definition) is 6. The van der Waals surface area contributed by atoms with E-state index in [0.29, 0.717) is 6.61 Å². The van der Waals surface area contributed by atoms with Crippen molar-refractivity contribution in [1.82, 2.24) is 29.9 Å². The molecule has 0 unspecified atom stereocenters. The molecular formula is C15H22N6O3. The number of likely N-dealkylation sites (tertiary alicyclic amines) is 1. The van der Waals surface area contributed by atoms with Crippen molar-refractivity contribution in [2.45, 2.75) is 25.4 Å². The van der Waals surface area contributed by atoms with Gasteiger partial charge in [-0.05, 0) is 5.92 Å². The molecule has 0 radical (unpaired) electrons. The number of aromatic nitrogens is 5.